The first kappa shape index (κ1) is 18.2. The minimum Gasteiger partial charge on any atom is -0.358 e. The van der Waals surface area contributed by atoms with Gasteiger partial charge in [-0.25, -0.2) is 13.2 Å². The number of rotatable bonds is 3. The van der Waals surface area contributed by atoms with Gasteiger partial charge in [0.05, 0.1) is 5.56 Å². The molecule has 138 valence electrons. The zero-order valence-corrected chi connectivity index (χ0v) is 13.5. The summed E-state index contributed by atoms with van der Waals surface area (Å²) in [6, 6.07) is -0.643. The van der Waals surface area contributed by atoms with Crippen molar-refractivity contribution in [1.29, 1.82) is 0 Å². The van der Waals surface area contributed by atoms with Gasteiger partial charge in [-0.2, -0.15) is 32.8 Å². The number of anilines is 1. The van der Waals surface area contributed by atoms with E-state index in [2.05, 4.69) is 20.4 Å². The Bertz CT molecular complexity index is 986. The molecule has 12 heteroatoms. The van der Waals surface area contributed by atoms with E-state index in [4.69, 9.17) is 11.6 Å². The lowest BCUT2D eigenvalue weighted by Crippen LogP contribution is -2.34. The van der Waals surface area contributed by atoms with E-state index in [0.29, 0.717) is 6.07 Å². The number of fused-ring (bicyclic) bond motifs is 1. The number of hydrogen-bond donors (Lipinski definition) is 1. The van der Waals surface area contributed by atoms with Crippen LogP contribution in [-0.2, 0) is 0 Å². The highest BCUT2D eigenvalue weighted by molar-refractivity contribution is 6.33. The Kier molecular flexibility index (Phi) is 4.42. The summed E-state index contributed by atoms with van der Waals surface area (Å²) >= 11 is 5.97. The first-order valence-corrected chi connectivity index (χ1v) is 7.35. The molecular formula is C14H8ClF6N5. The molecule has 0 aliphatic heterocycles. The van der Waals surface area contributed by atoms with Crippen LogP contribution < -0.4 is 5.32 Å². The lowest BCUT2D eigenvalue weighted by molar-refractivity contribution is -0.138. The lowest BCUT2D eigenvalue weighted by Gasteiger charge is -2.21. The van der Waals surface area contributed by atoms with Gasteiger partial charge in [0.15, 0.2) is 17.5 Å². The van der Waals surface area contributed by atoms with Crippen LogP contribution >= 0.6 is 11.6 Å². The highest BCUT2D eigenvalue weighted by Gasteiger charge is 2.37. The summed E-state index contributed by atoms with van der Waals surface area (Å²) in [7, 11) is 0. The van der Waals surface area contributed by atoms with Gasteiger partial charge in [0.25, 0.3) is 5.78 Å². The summed E-state index contributed by atoms with van der Waals surface area (Å²) in [6.45, 7) is 0.808. The van der Waals surface area contributed by atoms with E-state index in [9.17, 15) is 26.3 Å². The summed E-state index contributed by atoms with van der Waals surface area (Å²) in [5, 5.41) is 5.36. The molecule has 0 unspecified atom stereocenters. The lowest BCUT2D eigenvalue weighted by atomic mass is 10.1. The summed E-state index contributed by atoms with van der Waals surface area (Å²) in [5.41, 5.74) is -1.01. The molecule has 0 spiro atoms. The molecular weight excluding hydrogens is 388 g/mol. The van der Waals surface area contributed by atoms with Crippen LogP contribution in [0.4, 0.5) is 32.2 Å². The van der Waals surface area contributed by atoms with E-state index >= 15 is 0 Å². The minimum atomic E-state index is -4.66. The van der Waals surface area contributed by atoms with E-state index < -0.39 is 51.8 Å². The van der Waals surface area contributed by atoms with E-state index in [-0.39, 0.29) is 5.78 Å². The van der Waals surface area contributed by atoms with Crippen LogP contribution in [0.5, 0.6) is 0 Å². The first-order chi connectivity index (χ1) is 12.1. The quantitative estimate of drug-likeness (QED) is 0.410. The van der Waals surface area contributed by atoms with Gasteiger partial charge in [0, 0.05) is 5.56 Å². The first-order valence-electron chi connectivity index (χ1n) is 6.97. The zero-order valence-electron chi connectivity index (χ0n) is 12.7. The van der Waals surface area contributed by atoms with Crippen LogP contribution in [0.25, 0.3) is 16.9 Å². The molecule has 3 aromatic rings. The number of halogens is 7. The Morgan fingerprint density at radius 2 is 1.85 bits per heavy atom. The van der Waals surface area contributed by atoms with Crippen molar-refractivity contribution in [3.05, 3.63) is 41.1 Å². The second kappa shape index (κ2) is 6.31. The SMILES string of the molecule is C[C@H](Nc1c(-c2ccc(F)c(F)c2F)c(Cl)nc2ncnn12)C(F)(F)F. The predicted octanol–water partition coefficient (Wildman–Crippen LogP) is 4.22. The molecule has 0 aliphatic rings. The van der Waals surface area contributed by atoms with Crippen LogP contribution in [-0.4, -0.2) is 31.8 Å². The maximum Gasteiger partial charge on any atom is 0.408 e. The number of nitrogens with zero attached hydrogens (tertiary/aromatic N) is 4. The van der Waals surface area contributed by atoms with Gasteiger partial charge >= 0.3 is 6.18 Å². The summed E-state index contributed by atoms with van der Waals surface area (Å²) in [4.78, 5) is 7.49. The van der Waals surface area contributed by atoms with E-state index in [1.54, 1.807) is 0 Å². The summed E-state index contributed by atoms with van der Waals surface area (Å²) < 4.78 is 80.7. The van der Waals surface area contributed by atoms with Gasteiger partial charge < -0.3 is 5.32 Å². The molecule has 2 heterocycles. The maximum absolute atomic E-state index is 14.2. The van der Waals surface area contributed by atoms with Crippen molar-refractivity contribution in [2.75, 3.05) is 5.32 Å². The molecule has 0 aliphatic carbocycles. The largest absolute Gasteiger partial charge is 0.408 e. The molecule has 0 fully saturated rings. The topological polar surface area (TPSA) is 55.1 Å². The van der Waals surface area contributed by atoms with Crippen molar-refractivity contribution in [3.8, 4) is 11.1 Å². The molecule has 1 aromatic carbocycles. The number of hydrogen-bond acceptors (Lipinski definition) is 4. The molecule has 5 nitrogen and oxygen atoms in total. The van der Waals surface area contributed by atoms with Gasteiger partial charge in [-0.1, -0.05) is 11.6 Å². The fourth-order valence-corrected chi connectivity index (χ4v) is 2.46. The minimum absolute atomic E-state index is 0.168. The van der Waals surface area contributed by atoms with Crippen molar-refractivity contribution in [1.82, 2.24) is 19.6 Å². The highest BCUT2D eigenvalue weighted by Crippen LogP contribution is 2.38. The Morgan fingerprint density at radius 3 is 2.50 bits per heavy atom. The molecule has 3 rings (SSSR count). The van der Waals surface area contributed by atoms with Crippen molar-refractivity contribution >= 4 is 23.2 Å². The number of alkyl halides is 3. The summed E-state index contributed by atoms with van der Waals surface area (Å²) in [6.07, 6.45) is -3.67. The van der Waals surface area contributed by atoms with Gasteiger partial charge in [0.2, 0.25) is 0 Å². The van der Waals surface area contributed by atoms with Gasteiger partial charge in [-0.15, -0.1) is 0 Å². The van der Waals surface area contributed by atoms with E-state index in [1.807, 2.05) is 0 Å². The molecule has 1 N–H and O–H groups in total. The third-order valence-electron chi connectivity index (χ3n) is 3.53. The molecule has 0 saturated carbocycles. The third-order valence-corrected chi connectivity index (χ3v) is 3.81. The molecule has 0 radical (unpaired) electrons. The molecule has 0 bridgehead atoms. The molecule has 2 aromatic heterocycles. The average molecular weight is 396 g/mol. The Balaban J connectivity index is 2.30. The average Bonchev–Trinajstić information content (AvgIpc) is 3.01. The fourth-order valence-electron chi connectivity index (χ4n) is 2.19. The maximum atomic E-state index is 14.2. The summed E-state index contributed by atoms with van der Waals surface area (Å²) in [5.74, 6) is -5.48. The molecule has 0 amide bonds. The monoisotopic (exact) mass is 395 g/mol. The second-order valence-electron chi connectivity index (χ2n) is 5.23. The molecule has 1 atom stereocenters. The van der Waals surface area contributed by atoms with Gasteiger partial charge in [0.1, 0.15) is 23.3 Å². The van der Waals surface area contributed by atoms with Crippen LogP contribution in [0, 0.1) is 17.5 Å². The Morgan fingerprint density at radius 1 is 1.15 bits per heavy atom. The number of aromatic nitrogens is 4. The number of nitrogens with one attached hydrogen (secondary N) is 1. The van der Waals surface area contributed by atoms with Crippen LogP contribution in [0.3, 0.4) is 0 Å². The molecule has 0 saturated heterocycles. The van der Waals surface area contributed by atoms with E-state index in [1.165, 1.54) is 0 Å². The van der Waals surface area contributed by atoms with Gasteiger partial charge in [-0.3, -0.25) is 0 Å². The fraction of sp³-hybridized carbons (Fsp3) is 0.214. The van der Waals surface area contributed by atoms with Crippen molar-refractivity contribution < 1.29 is 26.3 Å². The smallest absolute Gasteiger partial charge is 0.358 e. The van der Waals surface area contributed by atoms with E-state index in [0.717, 1.165) is 23.8 Å². The number of benzene rings is 1. The van der Waals surface area contributed by atoms with Crippen LogP contribution in [0.1, 0.15) is 6.92 Å². The van der Waals surface area contributed by atoms with Crippen molar-refractivity contribution in [2.24, 2.45) is 0 Å². The third kappa shape index (κ3) is 3.02. The Labute approximate surface area is 146 Å². The normalized spacial score (nSPS) is 13.2. The zero-order chi connectivity index (χ0) is 19.2. The van der Waals surface area contributed by atoms with Crippen molar-refractivity contribution in [2.45, 2.75) is 19.1 Å². The predicted molar refractivity (Wildman–Crippen MR) is 80.2 cm³/mol. The highest BCUT2D eigenvalue weighted by atomic mass is 35.5. The van der Waals surface area contributed by atoms with Crippen LogP contribution in [0.2, 0.25) is 5.15 Å². The second-order valence-corrected chi connectivity index (χ2v) is 5.59. The van der Waals surface area contributed by atoms with Crippen molar-refractivity contribution in [3.63, 3.8) is 0 Å². The van der Waals surface area contributed by atoms with Crippen LogP contribution in [0.15, 0.2) is 18.5 Å². The van der Waals surface area contributed by atoms with Gasteiger partial charge in [-0.05, 0) is 19.1 Å². The molecule has 26 heavy (non-hydrogen) atoms. The Hall–Kier alpha value is -2.56. The standard InChI is InChI=1S/C14H8ClF6N5/c1-5(14(19,20)21)24-12-8(6-2-3-7(16)10(18)9(6)17)11(15)25-13-22-4-23-26(12)13/h2-5,24H,1H3/t5-/m0/s1.